The Labute approximate surface area is 173 Å². The molecular formula is C17H31N5O8. The van der Waals surface area contributed by atoms with Crippen molar-refractivity contribution < 1.29 is 39.3 Å². The Morgan fingerprint density at radius 2 is 1.43 bits per heavy atom. The Morgan fingerprint density at radius 3 is 1.83 bits per heavy atom. The van der Waals surface area contributed by atoms with Gasteiger partial charge in [0.1, 0.15) is 18.1 Å². The van der Waals surface area contributed by atoms with Crippen LogP contribution in [0.2, 0.25) is 0 Å². The van der Waals surface area contributed by atoms with Gasteiger partial charge in [0, 0.05) is 6.42 Å². The maximum absolute atomic E-state index is 12.6. The number of hydrogen-bond donors (Lipinski definition) is 8. The van der Waals surface area contributed by atoms with E-state index in [9.17, 15) is 29.1 Å². The fourth-order valence-corrected chi connectivity index (χ4v) is 2.23. The van der Waals surface area contributed by atoms with Gasteiger partial charge in [-0.05, 0) is 19.3 Å². The van der Waals surface area contributed by atoms with Gasteiger partial charge in [-0.2, -0.15) is 0 Å². The zero-order valence-corrected chi connectivity index (χ0v) is 17.1. The third kappa shape index (κ3) is 9.15. The summed E-state index contributed by atoms with van der Waals surface area (Å²) in [6.45, 7) is 3.64. The van der Waals surface area contributed by atoms with Gasteiger partial charge in [-0.3, -0.25) is 19.2 Å². The lowest BCUT2D eigenvalue weighted by molar-refractivity contribution is -0.144. The number of nitrogens with one attached hydrogen (secondary N) is 3. The first-order chi connectivity index (χ1) is 13.8. The van der Waals surface area contributed by atoms with Gasteiger partial charge >= 0.3 is 5.97 Å². The number of aliphatic hydroxyl groups excluding tert-OH is 2. The Hall–Kier alpha value is -2.77. The average Bonchev–Trinajstić information content (AvgIpc) is 2.65. The van der Waals surface area contributed by atoms with Crippen LogP contribution < -0.4 is 27.4 Å². The molecule has 0 aromatic carbocycles. The second-order valence-corrected chi connectivity index (χ2v) is 7.14. The summed E-state index contributed by atoms with van der Waals surface area (Å²) in [7, 11) is 0. The molecule has 0 aliphatic carbocycles. The zero-order chi connectivity index (χ0) is 23.6. The van der Waals surface area contributed by atoms with Crippen molar-refractivity contribution in [2.24, 2.45) is 17.4 Å². The van der Waals surface area contributed by atoms with Gasteiger partial charge < -0.3 is 42.7 Å². The lowest BCUT2D eigenvalue weighted by Crippen LogP contribution is -2.60. The standard InChI is InChI=1S/C17H31N5O8/c1-7(2)12(19)15(27)20-9(4-5-11(18)25)14(26)22-13(8(3)24)16(28)21-10(6-23)17(29)30/h7-10,12-13,23-24H,4-6,19H2,1-3H3,(H2,18,25)(H,20,27)(H,21,28)(H,22,26)(H,29,30). The lowest BCUT2D eigenvalue weighted by Gasteiger charge is -2.26. The van der Waals surface area contributed by atoms with Gasteiger partial charge in [-0.1, -0.05) is 13.8 Å². The molecule has 0 radical (unpaired) electrons. The van der Waals surface area contributed by atoms with Gasteiger partial charge in [-0.25, -0.2) is 4.79 Å². The first-order valence-corrected chi connectivity index (χ1v) is 9.28. The maximum Gasteiger partial charge on any atom is 0.328 e. The summed E-state index contributed by atoms with van der Waals surface area (Å²) in [5.41, 5.74) is 10.8. The number of amides is 4. The second kappa shape index (κ2) is 12.7. The minimum atomic E-state index is -1.65. The molecule has 0 fully saturated rings. The largest absolute Gasteiger partial charge is 0.480 e. The average molecular weight is 433 g/mol. The summed E-state index contributed by atoms with van der Waals surface area (Å²) in [5, 5.41) is 34.3. The molecule has 13 nitrogen and oxygen atoms in total. The third-order valence-electron chi connectivity index (χ3n) is 4.19. The molecule has 0 aromatic rings. The molecular weight excluding hydrogens is 402 g/mol. The summed E-state index contributed by atoms with van der Waals surface area (Å²) in [5.74, 6) is -5.15. The quantitative estimate of drug-likeness (QED) is 0.142. The fourth-order valence-electron chi connectivity index (χ4n) is 2.23. The summed E-state index contributed by atoms with van der Waals surface area (Å²) in [6, 6.07) is -5.48. The smallest absolute Gasteiger partial charge is 0.328 e. The Kier molecular flexibility index (Phi) is 11.5. The Bertz CT molecular complexity index is 640. The van der Waals surface area contributed by atoms with Crippen molar-refractivity contribution in [1.29, 1.82) is 0 Å². The van der Waals surface area contributed by atoms with E-state index in [-0.39, 0.29) is 18.8 Å². The first-order valence-electron chi connectivity index (χ1n) is 9.28. The van der Waals surface area contributed by atoms with Crippen LogP contribution in [0.3, 0.4) is 0 Å². The number of primary amides is 1. The van der Waals surface area contributed by atoms with Crippen molar-refractivity contribution in [3.8, 4) is 0 Å². The van der Waals surface area contributed by atoms with E-state index in [1.807, 2.05) is 5.32 Å². The molecule has 0 saturated heterocycles. The van der Waals surface area contributed by atoms with Gasteiger partial charge in [-0.15, -0.1) is 0 Å². The van der Waals surface area contributed by atoms with E-state index < -0.39 is 66.5 Å². The predicted molar refractivity (Wildman–Crippen MR) is 103 cm³/mol. The van der Waals surface area contributed by atoms with E-state index in [1.165, 1.54) is 6.92 Å². The van der Waals surface area contributed by atoms with Crippen LogP contribution in [-0.2, 0) is 24.0 Å². The van der Waals surface area contributed by atoms with Crippen LogP contribution in [-0.4, -0.2) is 81.8 Å². The molecule has 0 bridgehead atoms. The highest BCUT2D eigenvalue weighted by molar-refractivity contribution is 5.94. The number of aliphatic carboxylic acids is 1. The molecule has 13 heteroatoms. The van der Waals surface area contributed by atoms with Crippen molar-refractivity contribution >= 4 is 29.6 Å². The molecule has 172 valence electrons. The molecule has 0 spiro atoms. The highest BCUT2D eigenvalue weighted by atomic mass is 16.4. The van der Waals surface area contributed by atoms with Crippen molar-refractivity contribution in [3.05, 3.63) is 0 Å². The number of hydrogen-bond acceptors (Lipinski definition) is 8. The normalized spacial score (nSPS) is 16.0. The van der Waals surface area contributed by atoms with E-state index in [0.717, 1.165) is 0 Å². The van der Waals surface area contributed by atoms with Crippen LogP contribution >= 0.6 is 0 Å². The number of carboxylic acid groups (broad SMARTS) is 1. The van der Waals surface area contributed by atoms with Crippen LogP contribution in [0.1, 0.15) is 33.6 Å². The van der Waals surface area contributed by atoms with Crippen molar-refractivity contribution in [2.75, 3.05) is 6.61 Å². The molecule has 5 atom stereocenters. The number of nitrogens with two attached hydrogens (primary N) is 2. The van der Waals surface area contributed by atoms with E-state index in [1.54, 1.807) is 13.8 Å². The van der Waals surface area contributed by atoms with Crippen LogP contribution in [0.15, 0.2) is 0 Å². The minimum absolute atomic E-state index is 0.194. The van der Waals surface area contributed by atoms with E-state index in [0.29, 0.717) is 0 Å². The molecule has 0 saturated carbocycles. The molecule has 4 amide bonds. The summed E-state index contributed by atoms with van der Waals surface area (Å²) in [4.78, 5) is 59.1. The Morgan fingerprint density at radius 1 is 0.900 bits per heavy atom. The Balaban J connectivity index is 5.41. The number of carboxylic acids is 1. The fraction of sp³-hybridized carbons (Fsp3) is 0.706. The van der Waals surface area contributed by atoms with Gasteiger partial charge in [0.2, 0.25) is 23.6 Å². The van der Waals surface area contributed by atoms with Crippen LogP contribution in [0.5, 0.6) is 0 Å². The van der Waals surface area contributed by atoms with Crippen LogP contribution in [0, 0.1) is 5.92 Å². The molecule has 5 unspecified atom stereocenters. The summed E-state index contributed by atoms with van der Waals surface area (Å²) < 4.78 is 0. The molecule has 0 aromatic heterocycles. The van der Waals surface area contributed by atoms with Gasteiger partial charge in [0.15, 0.2) is 0 Å². The number of carbonyl (C=O) groups is 5. The second-order valence-electron chi connectivity index (χ2n) is 7.14. The highest BCUT2D eigenvalue weighted by Crippen LogP contribution is 2.04. The third-order valence-corrected chi connectivity index (χ3v) is 4.19. The minimum Gasteiger partial charge on any atom is -0.480 e. The number of rotatable bonds is 13. The molecule has 30 heavy (non-hydrogen) atoms. The maximum atomic E-state index is 12.6. The monoisotopic (exact) mass is 433 g/mol. The topological polar surface area (TPSA) is 234 Å². The SMILES string of the molecule is CC(C)C(N)C(=O)NC(CCC(N)=O)C(=O)NC(C(=O)NC(CO)C(=O)O)C(C)O. The number of carbonyl (C=O) groups excluding carboxylic acids is 4. The van der Waals surface area contributed by atoms with Crippen molar-refractivity contribution in [3.63, 3.8) is 0 Å². The predicted octanol–water partition coefficient (Wildman–Crippen LogP) is -3.85. The van der Waals surface area contributed by atoms with Gasteiger partial charge in [0.05, 0.1) is 18.8 Å². The first kappa shape index (κ1) is 27.2. The number of aliphatic hydroxyl groups is 2. The zero-order valence-electron chi connectivity index (χ0n) is 17.1. The van der Waals surface area contributed by atoms with Gasteiger partial charge in [0.25, 0.3) is 0 Å². The molecule has 0 aliphatic heterocycles. The lowest BCUT2D eigenvalue weighted by atomic mass is 10.0. The molecule has 0 rings (SSSR count). The van der Waals surface area contributed by atoms with E-state index >= 15 is 0 Å². The van der Waals surface area contributed by atoms with E-state index in [4.69, 9.17) is 21.7 Å². The molecule has 0 aliphatic rings. The van der Waals surface area contributed by atoms with Crippen LogP contribution in [0.25, 0.3) is 0 Å². The summed E-state index contributed by atoms with van der Waals surface area (Å²) >= 11 is 0. The van der Waals surface area contributed by atoms with Crippen molar-refractivity contribution in [2.45, 2.75) is 63.9 Å². The highest BCUT2D eigenvalue weighted by Gasteiger charge is 2.32. The van der Waals surface area contributed by atoms with E-state index in [2.05, 4.69) is 10.6 Å². The van der Waals surface area contributed by atoms with Crippen molar-refractivity contribution in [1.82, 2.24) is 16.0 Å². The summed E-state index contributed by atoms with van der Waals surface area (Å²) in [6.07, 6.45) is -1.90. The van der Waals surface area contributed by atoms with Crippen LogP contribution in [0.4, 0.5) is 0 Å². The molecule has 0 heterocycles. The molecule has 10 N–H and O–H groups in total.